The molecule has 0 saturated carbocycles. The molecule has 69 heavy (non-hydrogen) atoms. The van der Waals surface area contributed by atoms with Crippen LogP contribution in [-0.2, 0) is 0 Å². The van der Waals surface area contributed by atoms with Crippen LogP contribution in [-0.4, -0.2) is 14.5 Å². The third-order valence-electron chi connectivity index (χ3n) is 12.5. The van der Waals surface area contributed by atoms with E-state index < -0.39 is 0 Å². The first-order valence-electron chi connectivity index (χ1n) is 22.3. The number of aromatic nitrogens is 2. The number of furan rings is 2. The Morgan fingerprint density at radius 3 is 1.38 bits per heavy atom. The average molecular weight is 1250 g/mol. The number of nitrogens with one attached hydrogen (secondary N) is 1. The van der Waals surface area contributed by atoms with Crippen LogP contribution in [0.4, 0.5) is 0 Å². The largest absolute Gasteiger partial charge is 0.456 e. The molecule has 1 N–H and O–H groups in total. The number of para-hydroxylation sites is 4. The van der Waals surface area contributed by atoms with E-state index >= 15 is 0 Å². The molecule has 4 aromatic heterocycles. The number of hydrogen-bond acceptors (Lipinski definition) is 2. The molecule has 14 aromatic rings. The first kappa shape index (κ1) is 45.3. The smallest absolute Gasteiger partial charge is 0.135 e. The van der Waals surface area contributed by atoms with Crippen molar-refractivity contribution >= 4 is 165 Å². The second kappa shape index (κ2) is 19.7. The van der Waals surface area contributed by atoms with Gasteiger partial charge in [0.1, 0.15) is 22.3 Å². The van der Waals surface area contributed by atoms with Crippen molar-refractivity contribution in [2.24, 2.45) is 0 Å². The molecule has 334 valence electrons. The molecule has 0 amide bonds. The van der Waals surface area contributed by atoms with E-state index in [1.165, 1.54) is 69.4 Å². The number of nitrogens with zero attached hydrogens (tertiary/aromatic N) is 1. The Morgan fingerprint density at radius 1 is 0.362 bits per heavy atom. The van der Waals surface area contributed by atoms with E-state index in [2.05, 4.69) is 269 Å². The highest BCUT2D eigenvalue weighted by Crippen LogP contribution is 2.38. The molecule has 0 aliphatic rings. The van der Waals surface area contributed by atoms with E-state index in [4.69, 9.17) is 8.83 Å². The predicted octanol–water partition coefficient (Wildman–Crippen LogP) is 20.1. The molecule has 0 radical (unpaired) electrons. The molecule has 4 nitrogen and oxygen atoms in total. The van der Waals surface area contributed by atoms with Crippen LogP contribution >= 0.6 is 77.0 Å². The Hall–Kier alpha value is -6.18. The zero-order valence-electron chi connectivity index (χ0n) is 37.1. The Balaban J connectivity index is 0.000000128. The van der Waals surface area contributed by atoms with Gasteiger partial charge in [-0.15, -0.1) is 0 Å². The van der Waals surface area contributed by atoms with Crippen molar-refractivity contribution in [1.82, 2.24) is 9.55 Å². The SMILES string of the molecule is Brc1ccc(-n2c3ccccc3c3cc(-c4ccc5oc6ccccc6c5c4)ccc32)cc1.Brc1ccc(I)cc1.CI.c1ccc2c(c1)[nH]c1ccc(-c3ccc4oc5ccccc5c4c3)cc12. The van der Waals surface area contributed by atoms with Gasteiger partial charge in [-0.05, 0) is 171 Å². The van der Waals surface area contributed by atoms with E-state index in [0.717, 1.165) is 58.5 Å². The van der Waals surface area contributed by atoms with Gasteiger partial charge in [-0.1, -0.05) is 152 Å². The predicted molar refractivity (Wildman–Crippen MR) is 317 cm³/mol. The minimum atomic E-state index is 0.924. The lowest BCUT2D eigenvalue weighted by Crippen LogP contribution is -1.93. The molecule has 0 spiro atoms. The fraction of sp³-hybridized carbons (Fsp3) is 0.0164. The molecule has 4 heterocycles. The van der Waals surface area contributed by atoms with Crippen molar-refractivity contribution in [2.75, 3.05) is 4.93 Å². The third-order valence-corrected chi connectivity index (χ3v) is 14.3. The normalized spacial score (nSPS) is 11.3. The van der Waals surface area contributed by atoms with Crippen molar-refractivity contribution in [3.05, 3.63) is 231 Å². The van der Waals surface area contributed by atoms with Gasteiger partial charge < -0.3 is 18.4 Å². The fourth-order valence-corrected chi connectivity index (χ4v) is 10.2. The summed E-state index contributed by atoms with van der Waals surface area (Å²) in [6.07, 6.45) is 0. The lowest BCUT2D eigenvalue weighted by molar-refractivity contribution is 0.668. The van der Waals surface area contributed by atoms with E-state index in [9.17, 15) is 0 Å². The molecule has 8 heteroatoms. The van der Waals surface area contributed by atoms with Crippen LogP contribution in [0.3, 0.4) is 0 Å². The molecule has 0 aliphatic heterocycles. The number of benzene rings is 10. The van der Waals surface area contributed by atoms with E-state index in [-0.39, 0.29) is 0 Å². The van der Waals surface area contributed by atoms with Crippen LogP contribution in [0.25, 0.3) is 115 Å². The lowest BCUT2D eigenvalue weighted by Gasteiger charge is -2.08. The second-order valence-corrected chi connectivity index (χ2v) is 19.6. The maximum Gasteiger partial charge on any atom is 0.135 e. The van der Waals surface area contributed by atoms with Gasteiger partial charge in [0.15, 0.2) is 0 Å². The van der Waals surface area contributed by atoms with Crippen molar-refractivity contribution < 1.29 is 8.83 Å². The Labute approximate surface area is 442 Å². The van der Waals surface area contributed by atoms with E-state index in [1.807, 2.05) is 41.3 Å². The third kappa shape index (κ3) is 8.88. The number of fused-ring (bicyclic) bond motifs is 12. The number of hydrogen-bond donors (Lipinski definition) is 1. The summed E-state index contributed by atoms with van der Waals surface area (Å²) in [4.78, 5) is 5.46. The molecule has 0 fully saturated rings. The minimum Gasteiger partial charge on any atom is -0.456 e. The van der Waals surface area contributed by atoms with Gasteiger partial charge >= 0.3 is 0 Å². The first-order valence-corrected chi connectivity index (χ1v) is 27.2. The topological polar surface area (TPSA) is 47.0 Å². The van der Waals surface area contributed by atoms with Crippen molar-refractivity contribution in [1.29, 1.82) is 0 Å². The van der Waals surface area contributed by atoms with Gasteiger partial charge in [0.25, 0.3) is 0 Å². The van der Waals surface area contributed by atoms with Crippen LogP contribution in [0.15, 0.2) is 236 Å². The van der Waals surface area contributed by atoms with Crippen molar-refractivity contribution in [2.45, 2.75) is 0 Å². The molecule has 0 atom stereocenters. The summed E-state index contributed by atoms with van der Waals surface area (Å²) in [5.74, 6) is 0. The first-order chi connectivity index (χ1) is 33.9. The molecule has 14 rings (SSSR count). The summed E-state index contributed by atoms with van der Waals surface area (Å²) in [7, 11) is 0. The highest BCUT2D eigenvalue weighted by molar-refractivity contribution is 14.1. The summed E-state index contributed by atoms with van der Waals surface area (Å²) >= 11 is 11.3. The molecule has 0 aliphatic carbocycles. The monoisotopic (exact) mass is 1240 g/mol. The van der Waals surface area contributed by atoms with Crippen LogP contribution in [0.5, 0.6) is 0 Å². The van der Waals surface area contributed by atoms with Crippen LogP contribution in [0, 0.1) is 3.57 Å². The number of alkyl halides is 1. The summed E-state index contributed by atoms with van der Waals surface area (Å²) in [6.45, 7) is 0. The fourth-order valence-electron chi connectivity index (χ4n) is 9.29. The zero-order chi connectivity index (χ0) is 47.0. The molecule has 0 unspecified atom stereocenters. The summed E-state index contributed by atoms with van der Waals surface area (Å²) in [6, 6.07) is 76.5. The Bertz CT molecular complexity index is 4020. The van der Waals surface area contributed by atoms with Gasteiger partial charge in [0, 0.05) is 72.3 Å². The van der Waals surface area contributed by atoms with Gasteiger partial charge in [-0.3, -0.25) is 0 Å². The molecule has 0 saturated heterocycles. The molecule has 0 bridgehead atoms. The van der Waals surface area contributed by atoms with Crippen molar-refractivity contribution in [3.8, 4) is 27.9 Å². The number of H-pyrrole nitrogens is 1. The average Bonchev–Trinajstić information content (AvgIpc) is 4.17. The minimum absolute atomic E-state index is 0.924. The molecule has 10 aromatic carbocycles. The number of rotatable bonds is 3. The van der Waals surface area contributed by atoms with Crippen molar-refractivity contribution in [3.63, 3.8) is 0 Å². The highest BCUT2D eigenvalue weighted by atomic mass is 127. The maximum absolute atomic E-state index is 6.03. The number of halogens is 4. The van der Waals surface area contributed by atoms with E-state index in [0.29, 0.717) is 0 Å². The van der Waals surface area contributed by atoms with E-state index in [1.54, 1.807) is 0 Å². The Kier molecular flexibility index (Phi) is 12.9. The van der Waals surface area contributed by atoms with Gasteiger partial charge in [-0.2, -0.15) is 0 Å². The quantitative estimate of drug-likeness (QED) is 0.142. The summed E-state index contributed by atoms with van der Waals surface area (Å²) < 4.78 is 17.8. The second-order valence-electron chi connectivity index (χ2n) is 16.5. The van der Waals surface area contributed by atoms with Crippen LogP contribution in [0.1, 0.15) is 0 Å². The standard InChI is InChI=1S/C30H18BrNO.C24H15NO.C6H4BrI.CH3I/c31-21-11-13-22(14-12-21)32-27-7-3-1-5-23(27)25-17-19(9-15-28(25)32)20-10-16-30-26(18-20)24-6-2-4-8-29(24)33-30;1-3-7-21-17(5-1)19-13-15(9-11-22(19)25-21)16-10-12-24-20(14-16)18-6-2-4-8-23(18)26-24;7-5-1-3-6(8)4-2-5;1-2/h1-18H;1-14,25H;1-4H;1H3. The van der Waals surface area contributed by atoms with Gasteiger partial charge in [0.05, 0.1) is 11.0 Å². The number of aromatic amines is 1. The molecular weight excluding hydrogens is 1210 g/mol. The van der Waals surface area contributed by atoms with Gasteiger partial charge in [0.2, 0.25) is 0 Å². The van der Waals surface area contributed by atoms with Crippen LogP contribution in [0.2, 0.25) is 0 Å². The summed E-state index contributed by atoms with van der Waals surface area (Å²) in [5.41, 5.74) is 14.5. The Morgan fingerprint density at radius 2 is 0.783 bits per heavy atom. The summed E-state index contributed by atoms with van der Waals surface area (Å²) in [5, 5.41) is 9.67. The highest BCUT2D eigenvalue weighted by Gasteiger charge is 2.15. The van der Waals surface area contributed by atoms with Crippen LogP contribution < -0.4 is 0 Å². The van der Waals surface area contributed by atoms with Gasteiger partial charge in [-0.25, -0.2) is 0 Å². The zero-order valence-corrected chi connectivity index (χ0v) is 44.5. The molecular formula is C61H40Br2I2N2O2. The lowest BCUT2D eigenvalue weighted by atomic mass is 10.0. The maximum atomic E-state index is 6.03.